The highest BCUT2D eigenvalue weighted by atomic mass is 35.5. The highest BCUT2D eigenvalue weighted by Gasteiger charge is 2.17. The number of imidazole rings is 1. The van der Waals surface area contributed by atoms with Crippen molar-refractivity contribution in [3.63, 3.8) is 0 Å². The molecule has 0 aliphatic carbocycles. The first-order valence-corrected chi connectivity index (χ1v) is 7.31. The van der Waals surface area contributed by atoms with Gasteiger partial charge in [-0.25, -0.2) is 9.97 Å². The van der Waals surface area contributed by atoms with E-state index < -0.39 is 0 Å². The molecule has 0 N–H and O–H groups in total. The molecule has 0 saturated heterocycles. The third-order valence-electron chi connectivity index (χ3n) is 3.07. The standard InChI is InChI=1S/C12H14ClN5S/c1-7-11-12(17(3)16-7)18(10(4-13)15-11)6-9-5-14-8(2)19-9/h5H,4,6H2,1-3H3. The summed E-state index contributed by atoms with van der Waals surface area (Å²) in [6.07, 6.45) is 1.91. The Labute approximate surface area is 119 Å². The maximum absolute atomic E-state index is 6.01. The van der Waals surface area contributed by atoms with Crippen molar-refractivity contribution in [2.24, 2.45) is 7.05 Å². The molecular weight excluding hydrogens is 282 g/mol. The Balaban J connectivity index is 2.15. The molecule has 0 radical (unpaired) electrons. The quantitative estimate of drug-likeness (QED) is 0.698. The lowest BCUT2D eigenvalue weighted by Gasteiger charge is -2.06. The molecule has 0 saturated carbocycles. The van der Waals surface area contributed by atoms with Crippen LogP contribution < -0.4 is 0 Å². The summed E-state index contributed by atoms with van der Waals surface area (Å²) in [5.41, 5.74) is 2.88. The van der Waals surface area contributed by atoms with Crippen molar-refractivity contribution in [2.75, 3.05) is 0 Å². The molecule has 0 aromatic carbocycles. The van der Waals surface area contributed by atoms with E-state index in [-0.39, 0.29) is 0 Å². The molecule has 5 nitrogen and oxygen atoms in total. The molecule has 3 aromatic heterocycles. The summed E-state index contributed by atoms with van der Waals surface area (Å²) in [5, 5.41) is 5.48. The second-order valence-electron chi connectivity index (χ2n) is 4.47. The smallest absolute Gasteiger partial charge is 0.159 e. The van der Waals surface area contributed by atoms with Gasteiger partial charge in [-0.3, -0.25) is 4.68 Å². The summed E-state index contributed by atoms with van der Waals surface area (Å²) in [6.45, 7) is 4.71. The lowest BCUT2D eigenvalue weighted by molar-refractivity contribution is 0.706. The number of hydrogen-bond donors (Lipinski definition) is 0. The van der Waals surface area contributed by atoms with Gasteiger partial charge in [0, 0.05) is 18.1 Å². The van der Waals surface area contributed by atoms with Crippen LogP contribution in [0.25, 0.3) is 11.2 Å². The molecule has 0 atom stereocenters. The number of nitrogens with zero attached hydrogens (tertiary/aromatic N) is 5. The second-order valence-corrected chi connectivity index (χ2v) is 6.06. The maximum atomic E-state index is 6.01. The highest BCUT2D eigenvalue weighted by Crippen LogP contribution is 2.23. The zero-order chi connectivity index (χ0) is 13.6. The summed E-state index contributed by atoms with van der Waals surface area (Å²) < 4.78 is 3.98. The van der Waals surface area contributed by atoms with Gasteiger partial charge in [0.25, 0.3) is 0 Å². The zero-order valence-electron chi connectivity index (χ0n) is 11.0. The number of aromatic nitrogens is 5. The third kappa shape index (κ3) is 2.04. The highest BCUT2D eigenvalue weighted by molar-refractivity contribution is 7.11. The fourth-order valence-corrected chi connectivity index (χ4v) is 3.27. The van der Waals surface area contributed by atoms with Gasteiger partial charge in [0.1, 0.15) is 11.3 Å². The van der Waals surface area contributed by atoms with Crippen molar-refractivity contribution < 1.29 is 0 Å². The average Bonchev–Trinajstić information content (AvgIpc) is 3.00. The average molecular weight is 296 g/mol. The van der Waals surface area contributed by atoms with Gasteiger partial charge in [-0.2, -0.15) is 5.10 Å². The lowest BCUT2D eigenvalue weighted by Crippen LogP contribution is -2.06. The molecule has 0 aliphatic heterocycles. The molecule has 3 rings (SSSR count). The summed E-state index contributed by atoms with van der Waals surface area (Å²) in [6, 6.07) is 0. The van der Waals surface area contributed by atoms with Crippen molar-refractivity contribution in [3.05, 3.63) is 27.6 Å². The predicted octanol–water partition coefficient (Wildman–Crippen LogP) is 2.63. The van der Waals surface area contributed by atoms with Crippen LogP contribution in [0.5, 0.6) is 0 Å². The van der Waals surface area contributed by atoms with E-state index in [0.717, 1.165) is 34.2 Å². The Morgan fingerprint density at radius 3 is 2.79 bits per heavy atom. The van der Waals surface area contributed by atoms with E-state index in [1.165, 1.54) is 4.88 Å². The van der Waals surface area contributed by atoms with Crippen LogP contribution in [0, 0.1) is 13.8 Å². The minimum atomic E-state index is 0.395. The van der Waals surface area contributed by atoms with Crippen LogP contribution in [0.4, 0.5) is 0 Å². The molecule has 0 bridgehead atoms. The number of rotatable bonds is 3. The fraction of sp³-hybridized carbons (Fsp3) is 0.417. The molecule has 0 fully saturated rings. The van der Waals surface area contributed by atoms with Crippen molar-refractivity contribution in [3.8, 4) is 0 Å². The minimum Gasteiger partial charge on any atom is -0.307 e. The van der Waals surface area contributed by atoms with E-state index in [2.05, 4.69) is 19.6 Å². The van der Waals surface area contributed by atoms with Crippen LogP contribution in [0.1, 0.15) is 21.4 Å². The molecule has 3 aromatic rings. The number of fused-ring (bicyclic) bond motifs is 1. The van der Waals surface area contributed by atoms with Crippen LogP contribution in [-0.2, 0) is 19.5 Å². The van der Waals surface area contributed by atoms with Crippen LogP contribution in [-0.4, -0.2) is 24.3 Å². The largest absolute Gasteiger partial charge is 0.307 e. The summed E-state index contributed by atoms with van der Waals surface area (Å²) >= 11 is 7.71. The molecule has 3 heterocycles. The van der Waals surface area contributed by atoms with Gasteiger partial charge < -0.3 is 4.57 Å². The number of aryl methyl sites for hydroxylation is 3. The zero-order valence-corrected chi connectivity index (χ0v) is 12.6. The van der Waals surface area contributed by atoms with Crippen molar-refractivity contribution in [1.29, 1.82) is 0 Å². The van der Waals surface area contributed by atoms with Crippen LogP contribution >= 0.6 is 22.9 Å². The van der Waals surface area contributed by atoms with Gasteiger partial charge in [0.05, 0.1) is 23.1 Å². The predicted molar refractivity (Wildman–Crippen MR) is 76.7 cm³/mol. The monoisotopic (exact) mass is 295 g/mol. The fourth-order valence-electron chi connectivity index (χ4n) is 2.28. The van der Waals surface area contributed by atoms with Crippen LogP contribution in [0.2, 0.25) is 0 Å². The van der Waals surface area contributed by atoms with Gasteiger partial charge in [0.15, 0.2) is 5.65 Å². The lowest BCUT2D eigenvalue weighted by atomic mass is 10.4. The molecule has 0 amide bonds. The number of halogens is 1. The topological polar surface area (TPSA) is 48.5 Å². The Hall–Kier alpha value is -1.40. The van der Waals surface area contributed by atoms with Gasteiger partial charge in [-0.1, -0.05) is 0 Å². The molecule has 100 valence electrons. The molecule has 7 heteroatoms. The van der Waals surface area contributed by atoms with E-state index in [0.29, 0.717) is 5.88 Å². The molecule has 19 heavy (non-hydrogen) atoms. The van der Waals surface area contributed by atoms with E-state index in [1.54, 1.807) is 11.3 Å². The van der Waals surface area contributed by atoms with E-state index in [4.69, 9.17) is 11.6 Å². The van der Waals surface area contributed by atoms with Gasteiger partial charge in [-0.15, -0.1) is 22.9 Å². The molecule has 0 aliphatic rings. The first-order valence-electron chi connectivity index (χ1n) is 5.96. The SMILES string of the molecule is Cc1ncc(Cn2c(CCl)nc3c(C)nn(C)c32)s1. The second kappa shape index (κ2) is 4.61. The van der Waals surface area contributed by atoms with E-state index in [9.17, 15) is 0 Å². The molecular formula is C12H14ClN5S. The first-order chi connectivity index (χ1) is 9.10. The molecule has 0 unspecified atom stereocenters. The Kier molecular flexibility index (Phi) is 3.06. The Morgan fingerprint density at radius 1 is 1.37 bits per heavy atom. The minimum absolute atomic E-state index is 0.395. The summed E-state index contributed by atoms with van der Waals surface area (Å²) in [4.78, 5) is 10.1. The maximum Gasteiger partial charge on any atom is 0.159 e. The third-order valence-corrected chi connectivity index (χ3v) is 4.21. The van der Waals surface area contributed by atoms with Crippen molar-refractivity contribution in [1.82, 2.24) is 24.3 Å². The molecule has 0 spiro atoms. The van der Waals surface area contributed by atoms with Gasteiger partial charge in [-0.05, 0) is 13.8 Å². The van der Waals surface area contributed by atoms with E-state index >= 15 is 0 Å². The number of hydrogen-bond acceptors (Lipinski definition) is 4. The van der Waals surface area contributed by atoms with Crippen molar-refractivity contribution in [2.45, 2.75) is 26.3 Å². The Bertz CT molecular complexity index is 739. The van der Waals surface area contributed by atoms with Gasteiger partial charge >= 0.3 is 0 Å². The number of alkyl halides is 1. The Morgan fingerprint density at radius 2 is 2.16 bits per heavy atom. The van der Waals surface area contributed by atoms with Crippen LogP contribution in [0.3, 0.4) is 0 Å². The number of thiazole rings is 1. The van der Waals surface area contributed by atoms with Gasteiger partial charge in [0.2, 0.25) is 0 Å². The van der Waals surface area contributed by atoms with E-state index in [1.807, 2.05) is 31.8 Å². The first kappa shape index (κ1) is 12.6. The summed E-state index contributed by atoms with van der Waals surface area (Å²) in [7, 11) is 1.93. The normalized spacial score (nSPS) is 11.6. The summed E-state index contributed by atoms with van der Waals surface area (Å²) in [5.74, 6) is 1.27. The van der Waals surface area contributed by atoms with Crippen molar-refractivity contribution >= 4 is 34.1 Å². The van der Waals surface area contributed by atoms with Crippen LogP contribution in [0.15, 0.2) is 6.20 Å².